The molecule has 1 aromatic carbocycles. The highest BCUT2D eigenvalue weighted by molar-refractivity contribution is 7.18. The summed E-state index contributed by atoms with van der Waals surface area (Å²) in [5.41, 5.74) is 2.99. The van der Waals surface area contributed by atoms with Crippen LogP contribution in [0.2, 0.25) is 0 Å². The molecule has 4 rings (SSSR count). The highest BCUT2D eigenvalue weighted by Gasteiger charge is 2.26. The fourth-order valence-electron chi connectivity index (χ4n) is 3.52. The standard InChI is InChI=1S/C19H22N4OS/c1-3-18-21-16-7-6-13(9-17(16)25-18)19(24)23-8-4-5-14(12-23)15-10-20-22(2)11-15/h6-7,9-11,14H,3-5,8,12H2,1-2H3. The zero-order chi connectivity index (χ0) is 17.4. The van der Waals surface area contributed by atoms with Crippen molar-refractivity contribution in [2.45, 2.75) is 32.1 Å². The summed E-state index contributed by atoms with van der Waals surface area (Å²) in [5.74, 6) is 0.507. The van der Waals surface area contributed by atoms with Gasteiger partial charge in [-0.25, -0.2) is 4.98 Å². The second kappa shape index (κ2) is 6.59. The molecule has 0 saturated carbocycles. The minimum absolute atomic E-state index is 0.127. The third-order valence-corrected chi connectivity index (χ3v) is 6.05. The SMILES string of the molecule is CCc1nc2ccc(C(=O)N3CCCC(c4cnn(C)c4)C3)cc2s1. The zero-order valence-corrected chi connectivity index (χ0v) is 15.4. The largest absolute Gasteiger partial charge is 0.338 e. The highest BCUT2D eigenvalue weighted by atomic mass is 32.1. The van der Waals surface area contributed by atoms with E-state index in [4.69, 9.17) is 0 Å². The van der Waals surface area contributed by atoms with Gasteiger partial charge in [-0.15, -0.1) is 11.3 Å². The van der Waals surface area contributed by atoms with Gasteiger partial charge in [0.1, 0.15) is 0 Å². The van der Waals surface area contributed by atoms with Gasteiger partial charge in [-0.05, 0) is 43.0 Å². The summed E-state index contributed by atoms with van der Waals surface area (Å²) >= 11 is 1.68. The van der Waals surface area contributed by atoms with E-state index in [1.807, 2.05) is 41.0 Å². The van der Waals surface area contributed by atoms with Gasteiger partial charge in [0.25, 0.3) is 5.91 Å². The molecule has 1 saturated heterocycles. The molecular formula is C19H22N4OS. The number of aromatic nitrogens is 3. The molecule has 2 aromatic heterocycles. The van der Waals surface area contributed by atoms with Crippen molar-refractivity contribution in [2.24, 2.45) is 7.05 Å². The van der Waals surface area contributed by atoms with E-state index in [1.165, 1.54) is 5.56 Å². The van der Waals surface area contributed by atoms with Crippen LogP contribution in [0.3, 0.4) is 0 Å². The molecule has 1 aliphatic rings. The predicted molar refractivity (Wildman–Crippen MR) is 100 cm³/mol. The lowest BCUT2D eigenvalue weighted by molar-refractivity contribution is 0.0707. The van der Waals surface area contributed by atoms with Crippen molar-refractivity contribution in [3.05, 3.63) is 46.7 Å². The summed E-state index contributed by atoms with van der Waals surface area (Å²) < 4.78 is 2.93. The van der Waals surface area contributed by atoms with Crippen molar-refractivity contribution >= 4 is 27.5 Å². The van der Waals surface area contributed by atoms with Crippen molar-refractivity contribution in [3.63, 3.8) is 0 Å². The third-order valence-electron chi connectivity index (χ3n) is 4.89. The Morgan fingerprint density at radius 1 is 1.40 bits per heavy atom. The minimum Gasteiger partial charge on any atom is -0.338 e. The molecule has 0 aliphatic carbocycles. The number of carbonyl (C=O) groups excluding carboxylic acids is 1. The Morgan fingerprint density at radius 2 is 2.28 bits per heavy atom. The summed E-state index contributed by atoms with van der Waals surface area (Å²) in [6, 6.07) is 5.89. The third kappa shape index (κ3) is 3.18. The van der Waals surface area contributed by atoms with Gasteiger partial charge in [0.15, 0.2) is 0 Å². The van der Waals surface area contributed by atoms with Gasteiger partial charge >= 0.3 is 0 Å². The minimum atomic E-state index is 0.127. The Bertz CT molecular complexity index is 913. The van der Waals surface area contributed by atoms with Crippen molar-refractivity contribution in [1.82, 2.24) is 19.7 Å². The van der Waals surface area contributed by atoms with Crippen molar-refractivity contribution in [3.8, 4) is 0 Å². The average molecular weight is 354 g/mol. The first-order valence-corrected chi connectivity index (χ1v) is 9.63. The summed E-state index contributed by atoms with van der Waals surface area (Å²) in [6.07, 6.45) is 7.07. The Balaban J connectivity index is 1.55. The van der Waals surface area contributed by atoms with Gasteiger partial charge in [-0.2, -0.15) is 5.10 Å². The molecule has 1 atom stereocenters. The zero-order valence-electron chi connectivity index (χ0n) is 14.6. The first-order valence-electron chi connectivity index (χ1n) is 8.81. The second-order valence-electron chi connectivity index (χ2n) is 6.68. The van der Waals surface area contributed by atoms with Crippen LogP contribution in [0.1, 0.15) is 46.6 Å². The van der Waals surface area contributed by atoms with Gasteiger partial charge in [-0.1, -0.05) is 6.92 Å². The monoisotopic (exact) mass is 354 g/mol. The maximum absolute atomic E-state index is 13.0. The number of benzene rings is 1. The van der Waals surface area contributed by atoms with E-state index in [-0.39, 0.29) is 5.91 Å². The number of amides is 1. The molecule has 3 heterocycles. The lowest BCUT2D eigenvalue weighted by Crippen LogP contribution is -2.39. The molecule has 0 radical (unpaired) electrons. The lowest BCUT2D eigenvalue weighted by atomic mass is 9.92. The highest BCUT2D eigenvalue weighted by Crippen LogP contribution is 2.29. The number of rotatable bonds is 3. The van der Waals surface area contributed by atoms with Crippen LogP contribution in [0.25, 0.3) is 10.2 Å². The number of fused-ring (bicyclic) bond motifs is 1. The number of carbonyl (C=O) groups is 1. The smallest absolute Gasteiger partial charge is 0.253 e. The normalized spacial score (nSPS) is 18.0. The van der Waals surface area contributed by atoms with E-state index < -0.39 is 0 Å². The van der Waals surface area contributed by atoms with Crippen molar-refractivity contribution in [1.29, 1.82) is 0 Å². The Kier molecular flexibility index (Phi) is 4.29. The molecule has 1 amide bonds. The Morgan fingerprint density at radius 3 is 3.04 bits per heavy atom. The van der Waals surface area contributed by atoms with Crippen molar-refractivity contribution < 1.29 is 4.79 Å². The quantitative estimate of drug-likeness (QED) is 0.722. The molecule has 0 bridgehead atoms. The van der Waals surface area contributed by atoms with Gasteiger partial charge < -0.3 is 4.90 Å². The fraction of sp³-hybridized carbons (Fsp3) is 0.421. The number of nitrogens with zero attached hydrogens (tertiary/aromatic N) is 4. The maximum Gasteiger partial charge on any atom is 0.253 e. The van der Waals surface area contributed by atoms with E-state index in [9.17, 15) is 4.79 Å². The van der Waals surface area contributed by atoms with Crippen LogP contribution in [-0.2, 0) is 13.5 Å². The molecule has 25 heavy (non-hydrogen) atoms. The van der Waals surface area contributed by atoms with Crippen LogP contribution < -0.4 is 0 Å². The number of hydrogen-bond donors (Lipinski definition) is 0. The number of thiazole rings is 1. The topological polar surface area (TPSA) is 51.0 Å². The first kappa shape index (κ1) is 16.3. The predicted octanol–water partition coefficient (Wildman–Crippen LogP) is 3.61. The van der Waals surface area contributed by atoms with Crippen LogP contribution >= 0.6 is 11.3 Å². The van der Waals surface area contributed by atoms with E-state index in [1.54, 1.807) is 11.3 Å². The van der Waals surface area contributed by atoms with E-state index in [0.29, 0.717) is 5.92 Å². The molecule has 1 fully saturated rings. The first-order chi connectivity index (χ1) is 12.1. The Hall–Kier alpha value is -2.21. The number of likely N-dealkylation sites (tertiary alicyclic amines) is 1. The lowest BCUT2D eigenvalue weighted by Gasteiger charge is -2.32. The average Bonchev–Trinajstić information content (AvgIpc) is 3.26. The summed E-state index contributed by atoms with van der Waals surface area (Å²) in [6.45, 7) is 3.71. The van der Waals surface area contributed by atoms with E-state index in [0.717, 1.165) is 53.1 Å². The second-order valence-corrected chi connectivity index (χ2v) is 7.80. The molecule has 0 N–H and O–H groups in total. The van der Waals surface area contributed by atoms with Crippen LogP contribution in [0.4, 0.5) is 0 Å². The van der Waals surface area contributed by atoms with Crippen LogP contribution in [-0.4, -0.2) is 38.7 Å². The molecule has 130 valence electrons. The molecule has 1 aliphatic heterocycles. The molecule has 6 heteroatoms. The molecule has 5 nitrogen and oxygen atoms in total. The van der Waals surface area contributed by atoms with Crippen LogP contribution in [0.15, 0.2) is 30.6 Å². The van der Waals surface area contributed by atoms with E-state index in [2.05, 4.69) is 23.2 Å². The van der Waals surface area contributed by atoms with Crippen LogP contribution in [0.5, 0.6) is 0 Å². The van der Waals surface area contributed by atoms with Gasteiger partial charge in [0, 0.05) is 37.8 Å². The summed E-state index contributed by atoms with van der Waals surface area (Å²) in [4.78, 5) is 19.6. The molecule has 1 unspecified atom stereocenters. The molecular weight excluding hydrogens is 332 g/mol. The fourth-order valence-corrected chi connectivity index (χ4v) is 4.47. The molecule has 0 spiro atoms. The van der Waals surface area contributed by atoms with Crippen molar-refractivity contribution in [2.75, 3.05) is 13.1 Å². The van der Waals surface area contributed by atoms with Gasteiger partial charge in [0.2, 0.25) is 0 Å². The molecule has 3 aromatic rings. The van der Waals surface area contributed by atoms with Gasteiger partial charge in [-0.3, -0.25) is 9.48 Å². The van der Waals surface area contributed by atoms with Crippen LogP contribution in [0, 0.1) is 0 Å². The number of piperidine rings is 1. The number of aryl methyl sites for hydroxylation is 2. The van der Waals surface area contributed by atoms with Gasteiger partial charge in [0.05, 0.1) is 21.4 Å². The summed E-state index contributed by atoms with van der Waals surface area (Å²) in [5, 5.41) is 5.39. The summed E-state index contributed by atoms with van der Waals surface area (Å²) in [7, 11) is 1.93. The van der Waals surface area contributed by atoms with E-state index >= 15 is 0 Å². The maximum atomic E-state index is 13.0. The number of hydrogen-bond acceptors (Lipinski definition) is 4. The Labute approximate surface area is 151 Å².